The van der Waals surface area contributed by atoms with Gasteiger partial charge < -0.3 is 29.7 Å². The van der Waals surface area contributed by atoms with Crippen molar-refractivity contribution in [2.75, 3.05) is 59.2 Å². The lowest BCUT2D eigenvalue weighted by Crippen LogP contribution is -2.54. The molecule has 0 bridgehead atoms. The number of likely N-dealkylation sites (tertiary alicyclic amines) is 1. The number of amides is 3. The summed E-state index contributed by atoms with van der Waals surface area (Å²) in [7, 11) is 0. The van der Waals surface area contributed by atoms with Crippen molar-refractivity contribution in [3.05, 3.63) is 66.1 Å². The molecule has 0 saturated carbocycles. The maximum atomic E-state index is 14.0. The van der Waals surface area contributed by atoms with Gasteiger partial charge in [-0.05, 0) is 43.2 Å². The molecule has 3 fully saturated rings. The van der Waals surface area contributed by atoms with Crippen LogP contribution in [0.4, 0.5) is 4.39 Å². The fraction of sp³-hybridized carbons (Fsp3) is 0.485. The third-order valence-corrected chi connectivity index (χ3v) is 9.08. The van der Waals surface area contributed by atoms with Crippen molar-refractivity contribution in [3.8, 4) is 17.0 Å². The monoisotopic (exact) mass is 649 g/mol. The molecule has 0 spiro atoms. The highest BCUT2D eigenvalue weighted by Gasteiger charge is 2.42. The fourth-order valence-corrected chi connectivity index (χ4v) is 6.50. The molecule has 0 unspecified atom stereocenters. The molecule has 3 aliphatic heterocycles. The second-order valence-corrected chi connectivity index (χ2v) is 12.2. The molecular weight excluding hydrogens is 609 g/mol. The van der Waals surface area contributed by atoms with Crippen LogP contribution in [0.2, 0.25) is 0 Å². The Hall–Kier alpha value is -4.40. The largest absolute Gasteiger partial charge is 0.508 e. The Kier molecular flexibility index (Phi) is 10.4. The van der Waals surface area contributed by atoms with Crippen LogP contribution in [-0.4, -0.2) is 124 Å². The zero-order chi connectivity index (χ0) is 32.8. The van der Waals surface area contributed by atoms with Crippen LogP contribution in [-0.2, 0) is 30.4 Å². The summed E-state index contributed by atoms with van der Waals surface area (Å²) in [5.74, 6) is -1.02. The molecule has 3 aliphatic rings. The number of piperidine rings is 1. The lowest BCUT2D eigenvalue weighted by atomic mass is 10.0. The Labute approximate surface area is 272 Å². The summed E-state index contributed by atoms with van der Waals surface area (Å²) < 4.78 is 26.3. The predicted octanol–water partition coefficient (Wildman–Crippen LogP) is 1.59. The average molecular weight is 650 g/mol. The van der Waals surface area contributed by atoms with Gasteiger partial charge in [0, 0.05) is 56.3 Å². The summed E-state index contributed by atoms with van der Waals surface area (Å²) in [6.45, 7) is 2.83. The van der Waals surface area contributed by atoms with Crippen LogP contribution in [0, 0.1) is 5.82 Å². The number of aromatic hydroxyl groups is 1. The predicted molar refractivity (Wildman–Crippen MR) is 167 cm³/mol. The van der Waals surface area contributed by atoms with Gasteiger partial charge in [0.2, 0.25) is 17.7 Å². The molecule has 2 aromatic carbocycles. The molecule has 6 rings (SSSR count). The number of para-hydroxylation sites is 1. The van der Waals surface area contributed by atoms with Gasteiger partial charge in [0.05, 0.1) is 32.1 Å². The molecule has 0 radical (unpaired) electrons. The summed E-state index contributed by atoms with van der Waals surface area (Å²) in [4.78, 5) is 46.3. The molecule has 4 heterocycles. The van der Waals surface area contributed by atoms with Crippen molar-refractivity contribution in [3.63, 3.8) is 0 Å². The smallest absolute Gasteiger partial charge is 0.249 e. The Bertz CT molecular complexity index is 1540. The van der Waals surface area contributed by atoms with Crippen LogP contribution in [0.1, 0.15) is 30.9 Å². The number of ether oxygens (including phenoxy) is 2. The fourth-order valence-electron chi connectivity index (χ4n) is 6.50. The van der Waals surface area contributed by atoms with E-state index in [0.29, 0.717) is 50.2 Å². The zero-order valence-corrected chi connectivity index (χ0v) is 26.2. The van der Waals surface area contributed by atoms with E-state index in [1.54, 1.807) is 40.0 Å². The minimum atomic E-state index is -0.773. The van der Waals surface area contributed by atoms with Crippen molar-refractivity contribution in [1.82, 2.24) is 35.0 Å². The van der Waals surface area contributed by atoms with E-state index in [-0.39, 0.29) is 87.4 Å². The normalized spacial score (nSPS) is 22.9. The highest BCUT2D eigenvalue weighted by molar-refractivity contribution is 5.91. The van der Waals surface area contributed by atoms with E-state index in [1.807, 2.05) is 12.1 Å². The second kappa shape index (κ2) is 15.0. The number of nitrogens with zero attached hydrogens (tertiary/aromatic N) is 6. The number of phenolic OH excluding ortho intramolecular Hbond substituents is 1. The first-order chi connectivity index (χ1) is 22.9. The van der Waals surface area contributed by atoms with Gasteiger partial charge in [0.25, 0.3) is 0 Å². The highest BCUT2D eigenvalue weighted by Crippen LogP contribution is 2.30. The number of hydrogen-bond donors (Lipinski definition) is 2. The SMILES string of the molecule is O=C1NCCOCCOCC(=O)N(C2CCN(Cc3ccccc3O)CC2)CC(=O)N2C[C@@H](n3cc(-c4ccc(F)cc4)nn3)C[C@@H]12. The number of carbonyl (C=O) groups excluding carboxylic acids is 3. The number of phenols is 1. The third kappa shape index (κ3) is 7.95. The molecular formula is C33H40FN7O6. The van der Waals surface area contributed by atoms with E-state index in [4.69, 9.17) is 9.47 Å². The molecule has 2 N–H and O–H groups in total. The van der Waals surface area contributed by atoms with Gasteiger partial charge in [-0.1, -0.05) is 23.4 Å². The Morgan fingerprint density at radius 2 is 1.68 bits per heavy atom. The van der Waals surface area contributed by atoms with Gasteiger partial charge >= 0.3 is 0 Å². The minimum absolute atomic E-state index is 0.177. The van der Waals surface area contributed by atoms with Gasteiger partial charge in [-0.15, -0.1) is 5.10 Å². The van der Waals surface area contributed by atoms with Crippen molar-refractivity contribution in [2.45, 2.75) is 43.9 Å². The first-order valence-corrected chi connectivity index (χ1v) is 16.0. The average Bonchev–Trinajstić information content (AvgIpc) is 3.75. The molecule has 13 nitrogen and oxygen atoms in total. The molecule has 2 atom stereocenters. The number of fused-ring (bicyclic) bond motifs is 1. The maximum Gasteiger partial charge on any atom is 0.249 e. The number of carbonyl (C=O) groups is 3. The van der Waals surface area contributed by atoms with Crippen molar-refractivity contribution in [1.29, 1.82) is 0 Å². The maximum absolute atomic E-state index is 14.0. The van der Waals surface area contributed by atoms with E-state index in [2.05, 4.69) is 20.5 Å². The lowest BCUT2D eigenvalue weighted by molar-refractivity contribution is -0.148. The van der Waals surface area contributed by atoms with E-state index in [9.17, 15) is 23.9 Å². The van der Waals surface area contributed by atoms with Crippen molar-refractivity contribution in [2.24, 2.45) is 0 Å². The molecule has 250 valence electrons. The summed E-state index contributed by atoms with van der Waals surface area (Å²) in [5.41, 5.74) is 2.09. The number of hydrogen-bond acceptors (Lipinski definition) is 9. The van der Waals surface area contributed by atoms with Crippen molar-refractivity contribution < 1.29 is 33.4 Å². The van der Waals surface area contributed by atoms with Crippen LogP contribution in [0.3, 0.4) is 0 Å². The standard InChI is InChI=1S/C33H40FN7O6/c34-25-7-5-23(6-8-25)28-20-41(37-36-28)27-17-29-33(45)35-11-14-46-15-16-47-22-32(44)39(21-31(43)40(29)19-27)26-9-12-38(13-10-26)18-24-3-1-2-4-30(24)42/h1-8,20,26-27,29,42H,9-19,21-22H2,(H,35,45)/t27-,29-/m0/s1. The number of benzene rings is 2. The number of rotatable bonds is 5. The number of nitrogens with one attached hydrogen (secondary N) is 1. The number of aromatic nitrogens is 3. The van der Waals surface area contributed by atoms with Crippen molar-refractivity contribution >= 4 is 17.7 Å². The summed E-state index contributed by atoms with van der Waals surface area (Å²) in [5, 5.41) is 21.6. The minimum Gasteiger partial charge on any atom is -0.508 e. The topological polar surface area (TPSA) is 142 Å². The molecule has 3 amide bonds. The van der Waals surface area contributed by atoms with Crippen LogP contribution in [0.25, 0.3) is 11.3 Å². The Balaban J connectivity index is 1.18. The van der Waals surface area contributed by atoms with Gasteiger partial charge in [0.1, 0.15) is 36.5 Å². The third-order valence-electron chi connectivity index (χ3n) is 9.08. The molecule has 3 saturated heterocycles. The van der Waals surface area contributed by atoms with E-state index in [0.717, 1.165) is 5.56 Å². The lowest BCUT2D eigenvalue weighted by Gasteiger charge is -2.39. The molecule has 0 aliphatic carbocycles. The summed E-state index contributed by atoms with van der Waals surface area (Å²) in [6, 6.07) is 11.9. The quantitative estimate of drug-likeness (QED) is 0.422. The molecule has 14 heteroatoms. The second-order valence-electron chi connectivity index (χ2n) is 12.2. The van der Waals surface area contributed by atoms with Gasteiger partial charge in [0.15, 0.2) is 0 Å². The summed E-state index contributed by atoms with van der Waals surface area (Å²) >= 11 is 0. The molecule has 1 aromatic heterocycles. The van der Waals surface area contributed by atoms with Crippen LogP contribution in [0.5, 0.6) is 5.75 Å². The van der Waals surface area contributed by atoms with E-state index >= 15 is 0 Å². The van der Waals surface area contributed by atoms with Crippen LogP contribution in [0.15, 0.2) is 54.7 Å². The molecule has 47 heavy (non-hydrogen) atoms. The number of halogens is 1. The van der Waals surface area contributed by atoms with Crippen LogP contribution >= 0.6 is 0 Å². The Morgan fingerprint density at radius 3 is 2.47 bits per heavy atom. The van der Waals surface area contributed by atoms with Gasteiger partial charge in [-0.25, -0.2) is 9.07 Å². The summed E-state index contributed by atoms with van der Waals surface area (Å²) in [6.07, 6.45) is 3.34. The van der Waals surface area contributed by atoms with E-state index in [1.165, 1.54) is 17.0 Å². The van der Waals surface area contributed by atoms with Gasteiger partial charge in [-0.2, -0.15) is 0 Å². The first kappa shape index (κ1) is 32.5. The highest BCUT2D eigenvalue weighted by atomic mass is 19.1. The first-order valence-electron chi connectivity index (χ1n) is 16.0. The van der Waals surface area contributed by atoms with Crippen LogP contribution < -0.4 is 5.32 Å². The van der Waals surface area contributed by atoms with Gasteiger partial charge in [-0.3, -0.25) is 19.3 Å². The Morgan fingerprint density at radius 1 is 0.915 bits per heavy atom. The molecule has 3 aromatic rings. The van der Waals surface area contributed by atoms with E-state index < -0.39 is 6.04 Å². The zero-order valence-electron chi connectivity index (χ0n) is 26.2.